The van der Waals surface area contributed by atoms with Gasteiger partial charge in [-0.2, -0.15) is 22.0 Å². The second-order valence-corrected chi connectivity index (χ2v) is 2.69. The van der Waals surface area contributed by atoms with Crippen LogP contribution in [0, 0.1) is 0 Å². The highest BCUT2D eigenvalue weighted by Crippen LogP contribution is 2.43. The van der Waals surface area contributed by atoms with Crippen LogP contribution in [0.5, 0.6) is 0 Å². The molecule has 0 saturated heterocycles. The highest BCUT2D eigenvalue weighted by atomic mass is 19.4. The predicted molar refractivity (Wildman–Crippen MR) is 32.4 cm³/mol. The Bertz CT molecular complexity index is 191. The third-order valence-electron chi connectivity index (χ3n) is 1.40. The summed E-state index contributed by atoms with van der Waals surface area (Å²) < 4.78 is 87.7. The third-order valence-corrected chi connectivity index (χ3v) is 1.40. The zero-order valence-electron chi connectivity index (χ0n) is 7.13. The van der Waals surface area contributed by atoms with E-state index in [2.05, 4.69) is 4.74 Å². The van der Waals surface area contributed by atoms with Crippen LogP contribution in [0.1, 0.15) is 6.92 Å². The smallest absolute Gasteiger partial charge is 0.369 e. The second-order valence-electron chi connectivity index (χ2n) is 2.69. The van der Waals surface area contributed by atoms with Crippen LogP contribution in [0.25, 0.3) is 0 Å². The largest absolute Gasteiger partial charge is 0.456 e. The molecule has 0 rings (SSSR count). The van der Waals surface area contributed by atoms with E-state index in [4.69, 9.17) is 0 Å². The number of halogens is 7. The lowest BCUT2D eigenvalue weighted by Crippen LogP contribution is -2.55. The fraction of sp³-hybridized carbons (Fsp3) is 1.00. The first-order valence-electron chi connectivity index (χ1n) is 3.29. The minimum absolute atomic E-state index is 0.0686. The Morgan fingerprint density at radius 2 is 1.29 bits per heavy atom. The molecule has 14 heavy (non-hydrogen) atoms. The van der Waals surface area contributed by atoms with Crippen molar-refractivity contribution in [1.82, 2.24) is 0 Å². The van der Waals surface area contributed by atoms with Crippen molar-refractivity contribution in [3.8, 4) is 0 Å². The van der Waals surface area contributed by atoms with Gasteiger partial charge in [-0.15, -0.1) is 0 Å². The summed E-state index contributed by atoms with van der Waals surface area (Å²) in [5.74, 6) is -9.87. The van der Waals surface area contributed by atoms with E-state index in [1.165, 1.54) is 0 Å². The van der Waals surface area contributed by atoms with Gasteiger partial charge in [-0.3, -0.25) is 0 Å². The number of rotatable bonds is 3. The van der Waals surface area contributed by atoms with Gasteiger partial charge in [0.2, 0.25) is 0 Å². The maximum absolute atomic E-state index is 12.4. The minimum atomic E-state index is -6.06. The Hall–Kier alpha value is -0.530. The van der Waals surface area contributed by atoms with Crippen LogP contribution in [0.3, 0.4) is 0 Å². The van der Waals surface area contributed by atoms with Crippen LogP contribution >= 0.6 is 0 Å². The number of methoxy groups -OCH3 is 1. The zero-order valence-corrected chi connectivity index (χ0v) is 7.13. The van der Waals surface area contributed by atoms with Gasteiger partial charge in [-0.25, -0.2) is 8.78 Å². The molecule has 0 radical (unpaired) electrons. The topological polar surface area (TPSA) is 9.23 Å². The Morgan fingerprint density at radius 3 is 1.36 bits per heavy atom. The average Bonchev–Trinajstić information content (AvgIpc) is 1.80. The number of hydrogen-bond acceptors (Lipinski definition) is 1. The van der Waals surface area contributed by atoms with Gasteiger partial charge in [0.15, 0.2) is 6.10 Å². The van der Waals surface area contributed by atoms with Crippen LogP contribution in [0.2, 0.25) is 0 Å². The van der Waals surface area contributed by atoms with Crippen molar-refractivity contribution in [3.05, 3.63) is 0 Å². The zero-order chi connectivity index (χ0) is 11.8. The number of ether oxygens (including phenoxy) is 1. The van der Waals surface area contributed by atoms with Crippen LogP contribution in [0.4, 0.5) is 30.7 Å². The summed E-state index contributed by atoms with van der Waals surface area (Å²) in [4.78, 5) is 0. The summed E-state index contributed by atoms with van der Waals surface area (Å²) in [5, 5.41) is 0. The minimum Gasteiger partial charge on any atom is -0.369 e. The average molecular weight is 228 g/mol. The maximum Gasteiger partial charge on any atom is 0.456 e. The predicted octanol–water partition coefficient (Wildman–Crippen LogP) is 2.85. The molecular formula is C6H7F7O. The first-order valence-corrected chi connectivity index (χ1v) is 3.29. The van der Waals surface area contributed by atoms with E-state index < -0.39 is 24.1 Å². The molecular weight excluding hydrogens is 221 g/mol. The van der Waals surface area contributed by atoms with Crippen molar-refractivity contribution in [3.63, 3.8) is 0 Å². The molecule has 0 aromatic heterocycles. The van der Waals surface area contributed by atoms with E-state index in [-0.39, 0.29) is 6.92 Å². The molecule has 0 spiro atoms. The molecule has 0 aliphatic heterocycles. The Labute approximate surface area is 74.8 Å². The van der Waals surface area contributed by atoms with E-state index >= 15 is 0 Å². The summed E-state index contributed by atoms with van der Waals surface area (Å²) in [7, 11) is 0.363. The lowest BCUT2D eigenvalue weighted by Gasteiger charge is -2.30. The van der Waals surface area contributed by atoms with Gasteiger partial charge in [0, 0.05) is 14.0 Å². The van der Waals surface area contributed by atoms with Gasteiger partial charge in [0.1, 0.15) is 0 Å². The van der Waals surface area contributed by atoms with E-state index in [9.17, 15) is 30.7 Å². The quantitative estimate of drug-likeness (QED) is 0.675. The summed E-state index contributed by atoms with van der Waals surface area (Å²) in [6.07, 6.45) is -9.58. The lowest BCUT2D eigenvalue weighted by atomic mass is 10.1. The molecule has 0 fully saturated rings. The normalized spacial score (nSPS) is 16.9. The molecule has 0 amide bonds. The molecule has 0 aromatic carbocycles. The van der Waals surface area contributed by atoms with Gasteiger partial charge in [0.05, 0.1) is 0 Å². The first-order chi connectivity index (χ1) is 5.94. The van der Waals surface area contributed by atoms with Gasteiger partial charge in [0.25, 0.3) is 5.92 Å². The summed E-state index contributed by atoms with van der Waals surface area (Å²) in [6.45, 7) is -0.0686. The third kappa shape index (κ3) is 2.49. The molecule has 1 atom stereocenters. The molecule has 86 valence electrons. The van der Waals surface area contributed by atoms with Crippen molar-refractivity contribution in [2.24, 2.45) is 0 Å². The standard InChI is InChI=1S/C6H7F7O/c1-4(7,8)3(14-2)5(9,10)6(11,12)13/h3H,1-2H3. The summed E-state index contributed by atoms with van der Waals surface area (Å²) >= 11 is 0. The van der Waals surface area contributed by atoms with Crippen molar-refractivity contribution in [1.29, 1.82) is 0 Å². The van der Waals surface area contributed by atoms with Crippen LogP contribution in [-0.2, 0) is 4.74 Å². The number of hydrogen-bond donors (Lipinski definition) is 0. The van der Waals surface area contributed by atoms with Crippen LogP contribution in [0.15, 0.2) is 0 Å². The highest BCUT2D eigenvalue weighted by molar-refractivity contribution is 4.92. The number of alkyl halides is 7. The summed E-state index contributed by atoms with van der Waals surface area (Å²) in [5.41, 5.74) is 0. The molecule has 0 aromatic rings. The molecule has 0 saturated carbocycles. The molecule has 8 heteroatoms. The van der Waals surface area contributed by atoms with E-state index in [1.54, 1.807) is 0 Å². The second kappa shape index (κ2) is 3.56. The lowest BCUT2D eigenvalue weighted by molar-refractivity contribution is -0.342. The van der Waals surface area contributed by atoms with Gasteiger partial charge in [-0.1, -0.05) is 0 Å². The van der Waals surface area contributed by atoms with E-state index in [0.29, 0.717) is 7.11 Å². The molecule has 0 N–H and O–H groups in total. The molecule has 0 aliphatic rings. The SMILES string of the molecule is COC(C(C)(F)F)C(F)(F)C(F)(F)F. The van der Waals surface area contributed by atoms with E-state index in [1.807, 2.05) is 0 Å². The fourth-order valence-corrected chi connectivity index (χ4v) is 0.822. The van der Waals surface area contributed by atoms with Crippen LogP contribution < -0.4 is 0 Å². The van der Waals surface area contributed by atoms with Crippen molar-refractivity contribution in [2.75, 3.05) is 7.11 Å². The molecule has 0 heterocycles. The van der Waals surface area contributed by atoms with Crippen molar-refractivity contribution >= 4 is 0 Å². The van der Waals surface area contributed by atoms with Crippen LogP contribution in [-0.4, -0.2) is 31.2 Å². The fourth-order valence-electron chi connectivity index (χ4n) is 0.822. The molecule has 0 aliphatic carbocycles. The highest BCUT2D eigenvalue weighted by Gasteiger charge is 2.68. The van der Waals surface area contributed by atoms with Gasteiger partial charge >= 0.3 is 12.1 Å². The monoisotopic (exact) mass is 228 g/mol. The Balaban J connectivity index is 5.04. The Morgan fingerprint density at radius 1 is 0.929 bits per heavy atom. The maximum atomic E-state index is 12.4. The van der Waals surface area contributed by atoms with Crippen molar-refractivity contribution < 1.29 is 35.5 Å². The molecule has 1 unspecified atom stereocenters. The van der Waals surface area contributed by atoms with Gasteiger partial charge < -0.3 is 4.74 Å². The van der Waals surface area contributed by atoms with Crippen molar-refractivity contribution in [2.45, 2.75) is 31.0 Å². The van der Waals surface area contributed by atoms with E-state index in [0.717, 1.165) is 0 Å². The molecule has 1 nitrogen and oxygen atoms in total. The first kappa shape index (κ1) is 13.5. The Kier molecular flexibility index (Phi) is 3.42. The summed E-state index contributed by atoms with van der Waals surface area (Å²) in [6, 6.07) is 0. The van der Waals surface area contributed by atoms with Gasteiger partial charge in [-0.05, 0) is 0 Å². The molecule has 0 bridgehead atoms.